The number of hydrogen-bond acceptors (Lipinski definition) is 4. The molecule has 4 nitrogen and oxygen atoms in total. The molecule has 4 atom stereocenters. The predicted octanol–water partition coefficient (Wildman–Crippen LogP) is 6.42. The lowest BCUT2D eigenvalue weighted by Crippen LogP contribution is -2.40. The van der Waals surface area contributed by atoms with Crippen LogP contribution in [0, 0.1) is 0 Å². The maximum Gasteiger partial charge on any atom is 0.0657 e. The molecule has 2 N–H and O–H groups in total. The van der Waals surface area contributed by atoms with Crippen molar-refractivity contribution < 1.29 is 9.47 Å². The smallest absolute Gasteiger partial charge is 0.0657 e. The molecule has 0 saturated heterocycles. The van der Waals surface area contributed by atoms with Gasteiger partial charge in [0.25, 0.3) is 0 Å². The van der Waals surface area contributed by atoms with Crippen LogP contribution in [0.5, 0.6) is 0 Å². The highest BCUT2D eigenvalue weighted by molar-refractivity contribution is 5.30. The third kappa shape index (κ3) is 6.90. The molecule has 0 heterocycles. The highest BCUT2D eigenvalue weighted by atomic mass is 16.5. The maximum absolute atomic E-state index is 5.67. The first-order valence-electron chi connectivity index (χ1n) is 12.5. The summed E-state index contributed by atoms with van der Waals surface area (Å²) >= 11 is 0. The van der Waals surface area contributed by atoms with E-state index in [0.717, 1.165) is 0 Å². The van der Waals surface area contributed by atoms with E-state index < -0.39 is 0 Å². The van der Waals surface area contributed by atoms with Crippen molar-refractivity contribution >= 4 is 0 Å². The van der Waals surface area contributed by atoms with Gasteiger partial charge in [0.1, 0.15) is 0 Å². The van der Waals surface area contributed by atoms with E-state index in [-0.39, 0.29) is 24.2 Å². The minimum Gasteiger partial charge on any atom is -0.383 e. The Labute approximate surface area is 215 Å². The van der Waals surface area contributed by atoms with E-state index in [1.54, 1.807) is 14.2 Å². The fraction of sp³-hybridized carbons (Fsp3) is 0.250. The molecule has 0 fully saturated rings. The Balaban J connectivity index is 1.76. The summed E-state index contributed by atoms with van der Waals surface area (Å²) in [7, 11) is 3.51. The average Bonchev–Trinajstić information content (AvgIpc) is 2.95. The summed E-state index contributed by atoms with van der Waals surface area (Å²) in [5.74, 6) is 0. The summed E-state index contributed by atoms with van der Waals surface area (Å²) in [6.45, 7) is 1.13. The number of ether oxygens (including phenoxy) is 2. The molecule has 0 saturated carbocycles. The van der Waals surface area contributed by atoms with Crippen LogP contribution in [-0.4, -0.2) is 27.4 Å². The van der Waals surface area contributed by atoms with Gasteiger partial charge in [-0.05, 0) is 22.3 Å². The van der Waals surface area contributed by atoms with E-state index in [1.165, 1.54) is 22.3 Å². The lowest BCUT2D eigenvalue weighted by Gasteiger charge is -2.36. The zero-order valence-corrected chi connectivity index (χ0v) is 21.1. The Hall–Kier alpha value is -3.28. The zero-order chi connectivity index (χ0) is 25.0. The van der Waals surface area contributed by atoms with Crippen LogP contribution in [0.2, 0.25) is 0 Å². The number of methoxy groups -OCH3 is 2. The fourth-order valence-corrected chi connectivity index (χ4v) is 4.71. The van der Waals surface area contributed by atoms with Crippen molar-refractivity contribution in [2.24, 2.45) is 0 Å². The quantitative estimate of drug-likeness (QED) is 0.232. The van der Waals surface area contributed by atoms with Gasteiger partial charge in [-0.3, -0.25) is 10.6 Å². The monoisotopic (exact) mass is 480 g/mol. The van der Waals surface area contributed by atoms with Crippen molar-refractivity contribution in [2.75, 3.05) is 27.4 Å². The van der Waals surface area contributed by atoms with E-state index in [2.05, 4.69) is 120 Å². The topological polar surface area (TPSA) is 42.5 Å². The lowest BCUT2D eigenvalue weighted by atomic mass is 9.90. The molecule has 0 aliphatic rings. The molecule has 4 aromatic rings. The second-order valence-corrected chi connectivity index (χ2v) is 8.95. The molecule has 0 amide bonds. The summed E-state index contributed by atoms with van der Waals surface area (Å²) in [6, 6.07) is 42.3. The molecule has 0 radical (unpaired) electrons. The van der Waals surface area contributed by atoms with Gasteiger partial charge in [0.15, 0.2) is 0 Å². The number of rotatable bonds is 13. The molecule has 4 heteroatoms. The molecule has 4 rings (SSSR count). The maximum atomic E-state index is 5.67. The van der Waals surface area contributed by atoms with Gasteiger partial charge in [0.05, 0.1) is 37.4 Å². The van der Waals surface area contributed by atoms with Crippen LogP contribution < -0.4 is 10.6 Å². The molecule has 0 unspecified atom stereocenters. The molecule has 186 valence electrons. The van der Waals surface area contributed by atoms with Gasteiger partial charge in [0.2, 0.25) is 0 Å². The normalized spacial score (nSPS) is 14.6. The number of nitrogens with one attached hydrogen (secondary N) is 2. The van der Waals surface area contributed by atoms with Gasteiger partial charge in [-0.15, -0.1) is 0 Å². The van der Waals surface area contributed by atoms with Crippen LogP contribution in [-0.2, 0) is 9.47 Å². The minimum absolute atomic E-state index is 0.0204. The summed E-state index contributed by atoms with van der Waals surface area (Å²) in [5.41, 5.74) is 4.81. The zero-order valence-electron chi connectivity index (χ0n) is 21.1. The first kappa shape index (κ1) is 25.8. The third-order valence-corrected chi connectivity index (χ3v) is 6.48. The third-order valence-electron chi connectivity index (χ3n) is 6.48. The van der Waals surface area contributed by atoms with Gasteiger partial charge >= 0.3 is 0 Å². The summed E-state index contributed by atoms with van der Waals surface area (Å²) in [6.07, 6.45) is 0. The Morgan fingerprint density at radius 1 is 0.444 bits per heavy atom. The van der Waals surface area contributed by atoms with Gasteiger partial charge in [0, 0.05) is 14.2 Å². The molecular weight excluding hydrogens is 444 g/mol. The molecular formula is C32H36N2O2. The second-order valence-electron chi connectivity index (χ2n) is 8.95. The molecule has 0 aromatic heterocycles. The summed E-state index contributed by atoms with van der Waals surface area (Å²) in [4.78, 5) is 0. The van der Waals surface area contributed by atoms with Gasteiger partial charge < -0.3 is 9.47 Å². The fourth-order valence-electron chi connectivity index (χ4n) is 4.71. The molecule has 4 aromatic carbocycles. The van der Waals surface area contributed by atoms with Crippen LogP contribution in [0.4, 0.5) is 0 Å². The highest BCUT2D eigenvalue weighted by Crippen LogP contribution is 2.34. The summed E-state index contributed by atoms with van der Waals surface area (Å²) < 4.78 is 11.3. The van der Waals surface area contributed by atoms with Crippen molar-refractivity contribution in [1.29, 1.82) is 0 Å². The van der Waals surface area contributed by atoms with E-state index in [0.29, 0.717) is 13.2 Å². The first-order chi connectivity index (χ1) is 17.8. The lowest BCUT2D eigenvalue weighted by molar-refractivity contribution is 0.142. The Morgan fingerprint density at radius 2 is 0.722 bits per heavy atom. The van der Waals surface area contributed by atoms with Gasteiger partial charge in [-0.2, -0.15) is 0 Å². The summed E-state index contributed by atoms with van der Waals surface area (Å²) in [5, 5.41) is 7.91. The van der Waals surface area contributed by atoms with Crippen molar-refractivity contribution in [2.45, 2.75) is 24.2 Å². The van der Waals surface area contributed by atoms with Crippen molar-refractivity contribution in [1.82, 2.24) is 10.6 Å². The van der Waals surface area contributed by atoms with Crippen LogP contribution in [0.25, 0.3) is 0 Å². The molecule has 0 aliphatic heterocycles. The van der Waals surface area contributed by atoms with Crippen molar-refractivity contribution in [3.63, 3.8) is 0 Å². The molecule has 0 bridgehead atoms. The Kier molecular flexibility index (Phi) is 9.83. The van der Waals surface area contributed by atoms with Crippen LogP contribution in [0.1, 0.15) is 46.4 Å². The number of benzene rings is 4. The van der Waals surface area contributed by atoms with Gasteiger partial charge in [-0.1, -0.05) is 121 Å². The Morgan fingerprint density at radius 3 is 1.00 bits per heavy atom. The van der Waals surface area contributed by atoms with Crippen LogP contribution in [0.3, 0.4) is 0 Å². The van der Waals surface area contributed by atoms with Crippen molar-refractivity contribution in [3.05, 3.63) is 144 Å². The predicted molar refractivity (Wildman–Crippen MR) is 147 cm³/mol. The SMILES string of the molecule is COC[C@H](N[C@@H](c1ccccc1)[C@@H](N[C@@H](COC)c1ccccc1)c1ccccc1)c1ccccc1. The van der Waals surface area contributed by atoms with E-state index in [4.69, 9.17) is 9.47 Å². The van der Waals surface area contributed by atoms with E-state index in [1.807, 2.05) is 12.1 Å². The molecule has 36 heavy (non-hydrogen) atoms. The second kappa shape index (κ2) is 13.7. The van der Waals surface area contributed by atoms with Crippen LogP contribution >= 0.6 is 0 Å². The average molecular weight is 481 g/mol. The minimum atomic E-state index is -0.0305. The van der Waals surface area contributed by atoms with E-state index in [9.17, 15) is 0 Å². The standard InChI is InChI=1S/C32H36N2O2/c1-35-23-29(25-15-7-3-8-16-25)33-31(27-19-11-5-12-20-27)32(28-21-13-6-14-22-28)34-30(24-36-2)26-17-9-4-10-18-26/h3-22,29-34H,23-24H2,1-2H3/t29-,30-,31-,32-/m0/s1. The highest BCUT2D eigenvalue weighted by Gasteiger charge is 2.30. The largest absolute Gasteiger partial charge is 0.383 e. The van der Waals surface area contributed by atoms with Gasteiger partial charge in [-0.25, -0.2) is 0 Å². The van der Waals surface area contributed by atoms with E-state index >= 15 is 0 Å². The Bertz CT molecular complexity index is 1030. The first-order valence-corrected chi connectivity index (χ1v) is 12.5. The van der Waals surface area contributed by atoms with Crippen LogP contribution in [0.15, 0.2) is 121 Å². The van der Waals surface area contributed by atoms with Crippen molar-refractivity contribution in [3.8, 4) is 0 Å². The molecule has 0 aliphatic carbocycles. The molecule has 0 spiro atoms. The number of hydrogen-bond donors (Lipinski definition) is 2.